The Kier molecular flexibility index (Phi) is 3.79. The largest absolute Gasteiger partial charge is 0.364 e. The molecule has 0 aliphatic carbocycles. The minimum absolute atomic E-state index is 0.0727. The van der Waals surface area contributed by atoms with Crippen molar-refractivity contribution >= 4 is 11.5 Å². The van der Waals surface area contributed by atoms with Gasteiger partial charge in [-0.05, 0) is 11.6 Å². The number of para-hydroxylation sites is 1. The van der Waals surface area contributed by atoms with Crippen molar-refractivity contribution in [2.24, 2.45) is 0 Å². The summed E-state index contributed by atoms with van der Waals surface area (Å²) in [6.45, 7) is 8.68. The van der Waals surface area contributed by atoms with Crippen molar-refractivity contribution < 1.29 is 0 Å². The topological polar surface area (TPSA) is 46.0 Å². The van der Waals surface area contributed by atoms with Gasteiger partial charge in [-0.1, -0.05) is 70.2 Å². The highest BCUT2D eigenvalue weighted by atomic mass is 15.4. The van der Waals surface area contributed by atoms with E-state index in [1.807, 2.05) is 0 Å². The molecule has 1 atom stereocenters. The zero-order valence-electron chi connectivity index (χ0n) is 16.7. The van der Waals surface area contributed by atoms with E-state index in [4.69, 9.17) is 0 Å². The maximum absolute atomic E-state index is 4.54. The third-order valence-electron chi connectivity index (χ3n) is 5.56. The molecule has 142 valence electrons. The van der Waals surface area contributed by atoms with Gasteiger partial charge in [0.05, 0.1) is 5.69 Å². The highest BCUT2D eigenvalue weighted by molar-refractivity contribution is 5.91. The maximum Gasteiger partial charge on any atom is 0.141 e. The van der Waals surface area contributed by atoms with Crippen molar-refractivity contribution in [3.63, 3.8) is 0 Å². The Hall–Kier alpha value is -3.08. The van der Waals surface area contributed by atoms with E-state index in [1.165, 1.54) is 22.4 Å². The minimum Gasteiger partial charge on any atom is -0.364 e. The van der Waals surface area contributed by atoms with Crippen molar-refractivity contribution in [2.75, 3.05) is 4.90 Å². The monoisotopic (exact) mass is 371 g/mol. The summed E-state index contributed by atoms with van der Waals surface area (Å²) >= 11 is 0. The molecule has 5 rings (SSSR count). The molecule has 0 fully saturated rings. The summed E-state index contributed by atoms with van der Waals surface area (Å²) in [5.74, 6) is 3.64. The van der Waals surface area contributed by atoms with Gasteiger partial charge >= 0.3 is 0 Å². The van der Waals surface area contributed by atoms with Crippen LogP contribution < -0.4 is 10.2 Å². The molecule has 2 aliphatic heterocycles. The molecule has 1 N–H and O–H groups in total. The van der Waals surface area contributed by atoms with E-state index in [2.05, 4.69) is 107 Å². The van der Waals surface area contributed by atoms with E-state index < -0.39 is 0 Å². The van der Waals surface area contributed by atoms with Gasteiger partial charge in [0.15, 0.2) is 0 Å². The second-order valence-corrected chi connectivity index (χ2v) is 8.11. The molecule has 0 spiro atoms. The number of hydrogen-bond donors (Lipinski definition) is 1. The van der Waals surface area contributed by atoms with Gasteiger partial charge in [-0.25, -0.2) is 0 Å². The highest BCUT2D eigenvalue weighted by Gasteiger charge is 2.38. The first kappa shape index (κ1) is 17.0. The van der Waals surface area contributed by atoms with Crippen molar-refractivity contribution in [3.05, 3.63) is 71.9 Å². The molecule has 1 unspecified atom stereocenters. The molecule has 0 saturated carbocycles. The van der Waals surface area contributed by atoms with E-state index in [1.54, 1.807) is 0 Å². The average molecular weight is 371 g/mol. The Balaban J connectivity index is 1.73. The lowest BCUT2D eigenvalue weighted by molar-refractivity contribution is 0.648. The van der Waals surface area contributed by atoms with E-state index in [0.717, 1.165) is 17.5 Å². The molecule has 5 nitrogen and oxygen atoms in total. The summed E-state index contributed by atoms with van der Waals surface area (Å²) < 4.78 is 2.24. The highest BCUT2D eigenvalue weighted by Crippen LogP contribution is 2.48. The van der Waals surface area contributed by atoms with E-state index in [-0.39, 0.29) is 18.0 Å². The fourth-order valence-corrected chi connectivity index (χ4v) is 4.28. The zero-order chi connectivity index (χ0) is 19.4. The summed E-state index contributed by atoms with van der Waals surface area (Å²) in [5, 5.41) is 12.7. The van der Waals surface area contributed by atoms with Crippen LogP contribution in [-0.4, -0.2) is 14.8 Å². The van der Waals surface area contributed by atoms with Gasteiger partial charge in [0, 0.05) is 29.2 Å². The molecular weight excluding hydrogens is 346 g/mol. The molecule has 0 amide bonds. The number of aromatic nitrogens is 3. The van der Waals surface area contributed by atoms with Crippen molar-refractivity contribution in [2.45, 2.75) is 45.7 Å². The van der Waals surface area contributed by atoms with Crippen LogP contribution in [0.2, 0.25) is 0 Å². The molecule has 5 heteroatoms. The van der Waals surface area contributed by atoms with Crippen LogP contribution in [0.3, 0.4) is 0 Å². The summed E-state index contributed by atoms with van der Waals surface area (Å²) in [5.41, 5.74) is 5.05. The van der Waals surface area contributed by atoms with Gasteiger partial charge in [0.2, 0.25) is 0 Å². The van der Waals surface area contributed by atoms with Gasteiger partial charge in [0.25, 0.3) is 0 Å². The number of fused-ring (bicyclic) bond motifs is 6. The maximum atomic E-state index is 4.54. The summed E-state index contributed by atoms with van der Waals surface area (Å²) in [6.07, 6.45) is 2.19. The lowest BCUT2D eigenvalue weighted by Gasteiger charge is -2.37. The number of rotatable bonds is 3. The molecule has 2 aromatic carbocycles. The first-order valence-corrected chi connectivity index (χ1v) is 9.97. The molecule has 3 heterocycles. The predicted octanol–water partition coefficient (Wildman–Crippen LogP) is 5.07. The Morgan fingerprint density at radius 3 is 2.11 bits per heavy atom. The standard InChI is InChI=1S/C23H25N5/c1-14(2)21-25-26-22(15(3)4)28(21)20-13-24-23-18-11-6-5-9-16(18)17-10-7-8-12-19(17)27(20)23/h5-15,23-24H,1-4H3. The Labute approximate surface area is 165 Å². The van der Waals surface area contributed by atoms with Gasteiger partial charge in [-0.15, -0.1) is 10.2 Å². The van der Waals surface area contributed by atoms with Crippen LogP contribution in [-0.2, 0) is 0 Å². The molecule has 28 heavy (non-hydrogen) atoms. The minimum atomic E-state index is 0.0727. The van der Waals surface area contributed by atoms with Gasteiger partial charge in [-0.3, -0.25) is 4.57 Å². The van der Waals surface area contributed by atoms with Gasteiger partial charge in [-0.2, -0.15) is 0 Å². The number of nitrogens with zero attached hydrogens (tertiary/aromatic N) is 4. The lowest BCUT2D eigenvalue weighted by Crippen LogP contribution is -2.34. The van der Waals surface area contributed by atoms with Gasteiger partial charge < -0.3 is 10.2 Å². The van der Waals surface area contributed by atoms with Crippen LogP contribution >= 0.6 is 0 Å². The second-order valence-electron chi connectivity index (χ2n) is 8.11. The molecule has 2 aliphatic rings. The van der Waals surface area contributed by atoms with Crippen LogP contribution in [0.4, 0.5) is 5.69 Å². The predicted molar refractivity (Wildman–Crippen MR) is 113 cm³/mol. The normalized spacial score (nSPS) is 17.3. The fourth-order valence-electron chi connectivity index (χ4n) is 4.28. The van der Waals surface area contributed by atoms with Crippen LogP contribution in [0, 0.1) is 0 Å². The first-order valence-electron chi connectivity index (χ1n) is 9.97. The van der Waals surface area contributed by atoms with Crippen molar-refractivity contribution in [1.29, 1.82) is 0 Å². The molecule has 3 aromatic rings. The molecule has 1 aromatic heterocycles. The Bertz CT molecular complexity index is 1050. The number of nitrogens with one attached hydrogen (secondary N) is 1. The quantitative estimate of drug-likeness (QED) is 0.698. The molecule has 0 saturated heterocycles. The number of anilines is 1. The molecule has 0 bridgehead atoms. The summed E-state index contributed by atoms with van der Waals surface area (Å²) in [4.78, 5) is 2.39. The van der Waals surface area contributed by atoms with Crippen LogP contribution in [0.1, 0.15) is 62.9 Å². The Morgan fingerprint density at radius 2 is 1.43 bits per heavy atom. The summed E-state index contributed by atoms with van der Waals surface area (Å²) in [6, 6.07) is 17.3. The first-order chi connectivity index (χ1) is 13.6. The smallest absolute Gasteiger partial charge is 0.141 e. The zero-order valence-corrected chi connectivity index (χ0v) is 16.7. The molecule has 0 radical (unpaired) electrons. The van der Waals surface area contributed by atoms with Crippen LogP contribution in [0.25, 0.3) is 16.9 Å². The van der Waals surface area contributed by atoms with Crippen molar-refractivity contribution in [1.82, 2.24) is 20.1 Å². The van der Waals surface area contributed by atoms with E-state index in [9.17, 15) is 0 Å². The second kappa shape index (κ2) is 6.23. The third kappa shape index (κ3) is 2.32. The lowest BCUT2D eigenvalue weighted by atomic mass is 9.92. The number of hydrogen-bond acceptors (Lipinski definition) is 4. The average Bonchev–Trinajstić information content (AvgIpc) is 3.32. The van der Waals surface area contributed by atoms with E-state index >= 15 is 0 Å². The summed E-state index contributed by atoms with van der Waals surface area (Å²) in [7, 11) is 0. The fraction of sp³-hybridized carbons (Fsp3) is 0.304. The Morgan fingerprint density at radius 1 is 0.821 bits per heavy atom. The molecular formula is C23H25N5. The van der Waals surface area contributed by atoms with Crippen LogP contribution in [0.5, 0.6) is 0 Å². The third-order valence-corrected chi connectivity index (χ3v) is 5.56. The van der Waals surface area contributed by atoms with E-state index in [0.29, 0.717) is 0 Å². The van der Waals surface area contributed by atoms with Crippen LogP contribution in [0.15, 0.2) is 54.7 Å². The SMILES string of the molecule is CC(C)c1nnc(C(C)C)n1C1=CNC2c3ccccc3-c3ccccc3N12. The van der Waals surface area contributed by atoms with Crippen molar-refractivity contribution in [3.8, 4) is 11.1 Å². The number of benzene rings is 2. The van der Waals surface area contributed by atoms with Gasteiger partial charge in [0.1, 0.15) is 23.6 Å².